The second-order valence-electron chi connectivity index (χ2n) is 3.38. The van der Waals surface area contributed by atoms with E-state index in [9.17, 15) is 5.11 Å². The molecule has 5 heteroatoms. The number of rotatable bonds is 1. The van der Waals surface area contributed by atoms with E-state index >= 15 is 0 Å². The van der Waals surface area contributed by atoms with E-state index in [1.54, 1.807) is 36.8 Å². The number of imidazole rings is 1. The van der Waals surface area contributed by atoms with Crippen LogP contribution in [-0.4, -0.2) is 25.0 Å². The maximum absolute atomic E-state index is 9.19. The molecule has 2 aromatic heterocycles. The minimum atomic E-state index is 0.235. The molecule has 0 unspecified atom stereocenters. The van der Waals surface area contributed by atoms with Crippen LogP contribution in [-0.2, 0) is 0 Å². The maximum atomic E-state index is 9.19. The van der Waals surface area contributed by atoms with Gasteiger partial charge in [0.2, 0.25) is 0 Å². The molecule has 0 aliphatic carbocycles. The number of phenols is 1. The van der Waals surface area contributed by atoms with E-state index in [0.29, 0.717) is 11.3 Å². The summed E-state index contributed by atoms with van der Waals surface area (Å²) in [6, 6.07) is 6.82. The number of hydrogen-bond acceptors (Lipinski definition) is 4. The first-order valence-corrected chi connectivity index (χ1v) is 4.78. The molecule has 0 saturated carbocycles. The zero-order chi connectivity index (χ0) is 11.0. The third kappa shape index (κ3) is 1.38. The van der Waals surface area contributed by atoms with Gasteiger partial charge in [0.05, 0.1) is 18.2 Å². The molecule has 16 heavy (non-hydrogen) atoms. The van der Waals surface area contributed by atoms with Gasteiger partial charge in [-0.25, -0.2) is 15.0 Å². The van der Waals surface area contributed by atoms with Crippen LogP contribution in [0.25, 0.3) is 22.6 Å². The molecule has 0 bridgehead atoms. The fourth-order valence-electron chi connectivity index (χ4n) is 1.50. The van der Waals surface area contributed by atoms with Crippen molar-refractivity contribution in [2.24, 2.45) is 0 Å². The molecule has 1 aromatic carbocycles. The minimum absolute atomic E-state index is 0.235. The Hall–Kier alpha value is -2.43. The number of nitrogens with zero attached hydrogens (tertiary/aromatic N) is 3. The molecule has 0 radical (unpaired) electrons. The number of phenolic OH excluding ortho intramolecular Hbond substituents is 1. The van der Waals surface area contributed by atoms with Crippen molar-refractivity contribution in [2.45, 2.75) is 0 Å². The van der Waals surface area contributed by atoms with Gasteiger partial charge in [-0.15, -0.1) is 0 Å². The van der Waals surface area contributed by atoms with Gasteiger partial charge in [0, 0.05) is 5.56 Å². The molecule has 78 valence electrons. The van der Waals surface area contributed by atoms with E-state index in [0.717, 1.165) is 11.3 Å². The summed E-state index contributed by atoms with van der Waals surface area (Å²) in [5.41, 5.74) is 2.91. The van der Waals surface area contributed by atoms with Gasteiger partial charge in [-0.3, -0.25) is 0 Å². The number of aromatic nitrogens is 4. The van der Waals surface area contributed by atoms with E-state index in [-0.39, 0.29) is 5.75 Å². The number of nitrogens with one attached hydrogen (secondary N) is 1. The highest BCUT2D eigenvalue weighted by atomic mass is 16.3. The Labute approximate surface area is 90.8 Å². The summed E-state index contributed by atoms with van der Waals surface area (Å²) in [5, 5.41) is 9.19. The predicted molar refractivity (Wildman–Crippen MR) is 58.8 cm³/mol. The monoisotopic (exact) mass is 212 g/mol. The van der Waals surface area contributed by atoms with Crippen molar-refractivity contribution in [1.82, 2.24) is 19.9 Å². The molecule has 0 amide bonds. The van der Waals surface area contributed by atoms with Crippen LogP contribution in [0.15, 0.2) is 36.8 Å². The maximum Gasteiger partial charge on any atom is 0.197 e. The molecular weight excluding hydrogens is 204 g/mol. The van der Waals surface area contributed by atoms with Gasteiger partial charge < -0.3 is 10.1 Å². The topological polar surface area (TPSA) is 74.7 Å². The zero-order valence-electron chi connectivity index (χ0n) is 8.25. The quantitative estimate of drug-likeness (QED) is 0.644. The van der Waals surface area contributed by atoms with Crippen molar-refractivity contribution in [2.75, 3.05) is 0 Å². The minimum Gasteiger partial charge on any atom is -0.508 e. The molecule has 0 aliphatic rings. The summed E-state index contributed by atoms with van der Waals surface area (Å²) in [4.78, 5) is 15.5. The molecule has 0 atom stereocenters. The standard InChI is InChI=1S/C11H8N4O/c16-8-3-1-7(2-4-8)9-5-12-10-11(15-9)14-6-13-10/h1-6,16H,(H,12,13,14,15). The molecule has 3 aromatic rings. The van der Waals surface area contributed by atoms with E-state index in [4.69, 9.17) is 0 Å². The molecule has 0 spiro atoms. The first-order valence-electron chi connectivity index (χ1n) is 4.78. The third-order valence-corrected chi connectivity index (χ3v) is 2.30. The van der Waals surface area contributed by atoms with E-state index in [1.807, 2.05) is 0 Å². The van der Waals surface area contributed by atoms with Gasteiger partial charge in [-0.2, -0.15) is 0 Å². The first-order chi connectivity index (χ1) is 7.83. The van der Waals surface area contributed by atoms with Gasteiger partial charge in [-0.1, -0.05) is 0 Å². The Morgan fingerprint density at radius 1 is 1.06 bits per heavy atom. The summed E-state index contributed by atoms with van der Waals surface area (Å²) in [6.45, 7) is 0. The highest BCUT2D eigenvalue weighted by Gasteiger charge is 2.03. The van der Waals surface area contributed by atoms with E-state index in [2.05, 4.69) is 19.9 Å². The van der Waals surface area contributed by atoms with Crippen LogP contribution in [0.1, 0.15) is 0 Å². The lowest BCUT2D eigenvalue weighted by Gasteiger charge is -1.99. The van der Waals surface area contributed by atoms with E-state index < -0.39 is 0 Å². The summed E-state index contributed by atoms with van der Waals surface area (Å²) >= 11 is 0. The molecule has 2 heterocycles. The van der Waals surface area contributed by atoms with Crippen molar-refractivity contribution in [3.63, 3.8) is 0 Å². The largest absolute Gasteiger partial charge is 0.508 e. The van der Waals surface area contributed by atoms with Crippen molar-refractivity contribution in [3.8, 4) is 17.0 Å². The van der Waals surface area contributed by atoms with Gasteiger partial charge in [0.1, 0.15) is 5.75 Å². The van der Waals surface area contributed by atoms with Crippen LogP contribution in [0.5, 0.6) is 5.75 Å². The predicted octanol–water partition coefficient (Wildman–Crippen LogP) is 1.73. The second-order valence-corrected chi connectivity index (χ2v) is 3.38. The van der Waals surface area contributed by atoms with Gasteiger partial charge in [0.15, 0.2) is 11.3 Å². The summed E-state index contributed by atoms with van der Waals surface area (Å²) < 4.78 is 0. The smallest absolute Gasteiger partial charge is 0.197 e. The number of fused-ring (bicyclic) bond motifs is 1. The van der Waals surface area contributed by atoms with Gasteiger partial charge in [-0.05, 0) is 24.3 Å². The fourth-order valence-corrected chi connectivity index (χ4v) is 1.50. The fraction of sp³-hybridized carbons (Fsp3) is 0. The van der Waals surface area contributed by atoms with Gasteiger partial charge in [0.25, 0.3) is 0 Å². The van der Waals surface area contributed by atoms with Crippen molar-refractivity contribution in [1.29, 1.82) is 0 Å². The van der Waals surface area contributed by atoms with Crippen molar-refractivity contribution in [3.05, 3.63) is 36.8 Å². The Balaban J connectivity index is 2.14. The Morgan fingerprint density at radius 3 is 2.69 bits per heavy atom. The van der Waals surface area contributed by atoms with Crippen molar-refractivity contribution < 1.29 is 5.11 Å². The Kier molecular flexibility index (Phi) is 1.83. The highest BCUT2D eigenvalue weighted by molar-refractivity contribution is 5.70. The number of hydrogen-bond donors (Lipinski definition) is 2. The molecule has 2 N–H and O–H groups in total. The molecule has 0 fully saturated rings. The Morgan fingerprint density at radius 2 is 1.88 bits per heavy atom. The summed E-state index contributed by atoms with van der Waals surface area (Å²) in [5.74, 6) is 0.235. The molecular formula is C11H8N4O. The molecule has 3 rings (SSSR count). The molecule has 0 aliphatic heterocycles. The molecule has 0 saturated heterocycles. The third-order valence-electron chi connectivity index (χ3n) is 2.30. The second kappa shape index (κ2) is 3.30. The van der Waals surface area contributed by atoms with Crippen molar-refractivity contribution >= 4 is 11.3 Å². The van der Waals surface area contributed by atoms with Crippen LogP contribution >= 0.6 is 0 Å². The van der Waals surface area contributed by atoms with Crippen LogP contribution < -0.4 is 0 Å². The zero-order valence-corrected chi connectivity index (χ0v) is 8.25. The number of aromatic amines is 1. The highest BCUT2D eigenvalue weighted by Crippen LogP contribution is 2.20. The molecule has 5 nitrogen and oxygen atoms in total. The van der Waals surface area contributed by atoms with Crippen LogP contribution in [0.4, 0.5) is 0 Å². The lowest BCUT2D eigenvalue weighted by atomic mass is 10.1. The SMILES string of the molecule is Oc1ccc(-c2cnc3nc[nH]c3n2)cc1. The Bertz CT molecular complexity index is 630. The summed E-state index contributed by atoms with van der Waals surface area (Å²) in [7, 11) is 0. The van der Waals surface area contributed by atoms with Gasteiger partial charge >= 0.3 is 0 Å². The van der Waals surface area contributed by atoms with E-state index in [1.165, 1.54) is 0 Å². The average molecular weight is 212 g/mol. The lowest BCUT2D eigenvalue weighted by molar-refractivity contribution is 0.475. The summed E-state index contributed by atoms with van der Waals surface area (Å²) in [6.07, 6.45) is 3.22. The lowest BCUT2D eigenvalue weighted by Crippen LogP contribution is -1.87. The average Bonchev–Trinajstić information content (AvgIpc) is 2.77. The van der Waals surface area contributed by atoms with Crippen LogP contribution in [0, 0.1) is 0 Å². The normalized spacial score (nSPS) is 10.8. The van der Waals surface area contributed by atoms with Crippen LogP contribution in [0.3, 0.4) is 0 Å². The number of H-pyrrole nitrogens is 1. The van der Waals surface area contributed by atoms with Crippen LogP contribution in [0.2, 0.25) is 0 Å². The number of aromatic hydroxyl groups is 1. The number of benzene rings is 1. The first kappa shape index (κ1) is 8.84.